The molecule has 1 N–H and O–H groups in total. The van der Waals surface area contributed by atoms with Crippen molar-refractivity contribution >= 4 is 0 Å². The summed E-state index contributed by atoms with van der Waals surface area (Å²) in [6, 6.07) is 8.43. The third-order valence-corrected chi connectivity index (χ3v) is 3.44. The second-order valence-electron chi connectivity index (χ2n) is 4.79. The molecule has 1 aromatic rings. The van der Waals surface area contributed by atoms with E-state index in [1.165, 1.54) is 18.5 Å². The lowest BCUT2D eigenvalue weighted by Gasteiger charge is -2.19. The molecule has 1 fully saturated rings. The molecule has 100 valence electrons. The summed E-state index contributed by atoms with van der Waals surface area (Å²) in [5.41, 5.74) is 1.36. The maximum atomic E-state index is 5.79. The van der Waals surface area contributed by atoms with Crippen LogP contribution in [0.1, 0.15) is 18.9 Å². The van der Waals surface area contributed by atoms with Crippen molar-refractivity contribution in [1.82, 2.24) is 10.2 Å². The Morgan fingerprint density at radius 2 is 2.00 bits per heavy atom. The first-order valence-corrected chi connectivity index (χ1v) is 7.03. The Balaban J connectivity index is 1.70. The monoisotopic (exact) mass is 248 g/mol. The van der Waals surface area contributed by atoms with Crippen LogP contribution >= 0.6 is 0 Å². The lowest BCUT2D eigenvalue weighted by molar-refractivity contribution is 0.217. The van der Waals surface area contributed by atoms with Crippen LogP contribution in [0, 0.1) is 0 Å². The van der Waals surface area contributed by atoms with E-state index in [-0.39, 0.29) is 0 Å². The van der Waals surface area contributed by atoms with Gasteiger partial charge in [-0.3, -0.25) is 4.90 Å². The van der Waals surface area contributed by atoms with Crippen LogP contribution in [0.5, 0.6) is 5.75 Å². The number of ether oxygens (including phenoxy) is 1. The highest BCUT2D eigenvalue weighted by atomic mass is 16.5. The Hall–Kier alpha value is -1.06. The molecule has 1 heterocycles. The summed E-state index contributed by atoms with van der Waals surface area (Å²) < 4.78 is 5.79. The van der Waals surface area contributed by atoms with Crippen molar-refractivity contribution in [2.24, 2.45) is 0 Å². The molecular weight excluding hydrogens is 224 g/mol. The average molecular weight is 248 g/mol. The third-order valence-electron chi connectivity index (χ3n) is 3.44. The summed E-state index contributed by atoms with van der Waals surface area (Å²) in [7, 11) is 0. The topological polar surface area (TPSA) is 24.5 Å². The molecule has 0 aliphatic carbocycles. The summed E-state index contributed by atoms with van der Waals surface area (Å²) in [4.78, 5) is 2.47. The summed E-state index contributed by atoms with van der Waals surface area (Å²) in [6.07, 6.45) is 2.33. The Morgan fingerprint density at radius 1 is 1.17 bits per heavy atom. The molecule has 1 aliphatic rings. The van der Waals surface area contributed by atoms with Gasteiger partial charge in [0.05, 0.1) is 0 Å². The van der Waals surface area contributed by atoms with Gasteiger partial charge in [-0.25, -0.2) is 0 Å². The van der Waals surface area contributed by atoms with E-state index in [2.05, 4.69) is 41.4 Å². The minimum absolute atomic E-state index is 0.783. The fraction of sp³-hybridized carbons (Fsp3) is 0.600. The van der Waals surface area contributed by atoms with Gasteiger partial charge >= 0.3 is 0 Å². The van der Waals surface area contributed by atoms with Crippen molar-refractivity contribution < 1.29 is 4.74 Å². The highest BCUT2D eigenvalue weighted by Crippen LogP contribution is 2.12. The number of nitrogens with one attached hydrogen (secondary N) is 1. The van der Waals surface area contributed by atoms with E-state index in [0.717, 1.165) is 45.0 Å². The fourth-order valence-corrected chi connectivity index (χ4v) is 2.24. The largest absolute Gasteiger partial charge is 0.492 e. The lowest BCUT2D eigenvalue weighted by Crippen LogP contribution is -2.31. The van der Waals surface area contributed by atoms with Gasteiger partial charge in [0.2, 0.25) is 0 Å². The zero-order chi connectivity index (χ0) is 12.6. The number of nitrogens with zero attached hydrogens (tertiary/aromatic N) is 1. The SMILES string of the molecule is CCc1ccc(OCCN2CCCNCC2)cc1. The van der Waals surface area contributed by atoms with Crippen LogP contribution in [0.4, 0.5) is 0 Å². The molecule has 18 heavy (non-hydrogen) atoms. The van der Waals surface area contributed by atoms with Gasteiger partial charge < -0.3 is 10.1 Å². The molecule has 1 aliphatic heterocycles. The molecule has 0 spiro atoms. The second kappa shape index (κ2) is 7.39. The molecule has 3 heteroatoms. The Morgan fingerprint density at radius 3 is 2.78 bits per heavy atom. The average Bonchev–Trinajstić information content (AvgIpc) is 2.68. The minimum atomic E-state index is 0.783. The quantitative estimate of drug-likeness (QED) is 0.861. The summed E-state index contributed by atoms with van der Waals surface area (Å²) in [5, 5.41) is 3.42. The van der Waals surface area contributed by atoms with E-state index in [1.807, 2.05) is 0 Å². The first-order valence-electron chi connectivity index (χ1n) is 7.03. The van der Waals surface area contributed by atoms with Gasteiger partial charge in [-0.15, -0.1) is 0 Å². The lowest BCUT2D eigenvalue weighted by atomic mass is 10.2. The predicted molar refractivity (Wildman–Crippen MR) is 75.2 cm³/mol. The van der Waals surface area contributed by atoms with Crippen LogP contribution in [0.25, 0.3) is 0 Å². The van der Waals surface area contributed by atoms with Gasteiger partial charge in [0.25, 0.3) is 0 Å². The highest BCUT2D eigenvalue weighted by molar-refractivity contribution is 5.27. The molecule has 0 bridgehead atoms. The van der Waals surface area contributed by atoms with Crippen LogP contribution in [0.2, 0.25) is 0 Å². The van der Waals surface area contributed by atoms with Gasteiger partial charge in [0, 0.05) is 19.6 Å². The zero-order valence-corrected chi connectivity index (χ0v) is 11.3. The number of hydrogen-bond acceptors (Lipinski definition) is 3. The molecule has 1 saturated heterocycles. The van der Waals surface area contributed by atoms with Crippen LogP contribution in [-0.2, 0) is 6.42 Å². The van der Waals surface area contributed by atoms with E-state index in [1.54, 1.807) is 0 Å². The first kappa shape index (κ1) is 13.4. The summed E-state index contributed by atoms with van der Waals surface area (Å²) >= 11 is 0. The molecule has 0 radical (unpaired) electrons. The van der Waals surface area contributed by atoms with E-state index in [9.17, 15) is 0 Å². The van der Waals surface area contributed by atoms with Crippen LogP contribution in [0.3, 0.4) is 0 Å². The van der Waals surface area contributed by atoms with Crippen LogP contribution in [0.15, 0.2) is 24.3 Å². The molecule has 2 rings (SSSR count). The smallest absolute Gasteiger partial charge is 0.119 e. The van der Waals surface area contributed by atoms with Gasteiger partial charge in [-0.1, -0.05) is 19.1 Å². The Bertz CT molecular complexity index is 329. The van der Waals surface area contributed by atoms with Gasteiger partial charge in [0.1, 0.15) is 12.4 Å². The minimum Gasteiger partial charge on any atom is -0.492 e. The Labute approximate surface area is 110 Å². The van der Waals surface area contributed by atoms with Gasteiger partial charge in [0.15, 0.2) is 0 Å². The van der Waals surface area contributed by atoms with Crippen LogP contribution < -0.4 is 10.1 Å². The molecule has 1 aromatic carbocycles. The zero-order valence-electron chi connectivity index (χ0n) is 11.3. The van der Waals surface area contributed by atoms with Crippen LogP contribution in [-0.4, -0.2) is 44.2 Å². The molecule has 0 aromatic heterocycles. The maximum absolute atomic E-state index is 5.79. The molecule has 0 amide bonds. The molecule has 0 atom stereocenters. The van der Waals surface area contributed by atoms with E-state index in [0.29, 0.717) is 0 Å². The Kier molecular flexibility index (Phi) is 5.49. The second-order valence-corrected chi connectivity index (χ2v) is 4.79. The molecule has 0 unspecified atom stereocenters. The van der Waals surface area contributed by atoms with Crippen molar-refractivity contribution in [3.8, 4) is 5.75 Å². The number of benzene rings is 1. The normalized spacial score (nSPS) is 17.4. The van der Waals surface area contributed by atoms with Crippen molar-refractivity contribution in [2.75, 3.05) is 39.3 Å². The van der Waals surface area contributed by atoms with Crippen molar-refractivity contribution in [3.05, 3.63) is 29.8 Å². The van der Waals surface area contributed by atoms with Crippen molar-refractivity contribution in [1.29, 1.82) is 0 Å². The standard InChI is InChI=1S/C15H24N2O/c1-2-14-4-6-15(7-5-14)18-13-12-17-10-3-8-16-9-11-17/h4-7,16H,2-3,8-13H2,1H3. The van der Waals surface area contributed by atoms with E-state index >= 15 is 0 Å². The highest BCUT2D eigenvalue weighted by Gasteiger charge is 2.07. The third kappa shape index (κ3) is 4.31. The molecule has 3 nitrogen and oxygen atoms in total. The van der Waals surface area contributed by atoms with E-state index in [4.69, 9.17) is 4.74 Å². The predicted octanol–water partition coefficient (Wildman–Crippen LogP) is 1.92. The fourth-order valence-electron chi connectivity index (χ4n) is 2.24. The number of aryl methyl sites for hydroxylation is 1. The summed E-state index contributed by atoms with van der Waals surface area (Å²) in [6.45, 7) is 8.55. The van der Waals surface area contributed by atoms with Gasteiger partial charge in [-0.2, -0.15) is 0 Å². The van der Waals surface area contributed by atoms with Gasteiger partial charge in [-0.05, 0) is 43.6 Å². The van der Waals surface area contributed by atoms with Crippen molar-refractivity contribution in [2.45, 2.75) is 19.8 Å². The molecular formula is C15H24N2O. The van der Waals surface area contributed by atoms with Crippen molar-refractivity contribution in [3.63, 3.8) is 0 Å². The summed E-state index contributed by atoms with van der Waals surface area (Å²) in [5.74, 6) is 0.986. The molecule has 0 saturated carbocycles. The number of rotatable bonds is 5. The van der Waals surface area contributed by atoms with E-state index < -0.39 is 0 Å². The maximum Gasteiger partial charge on any atom is 0.119 e. The number of hydrogen-bond donors (Lipinski definition) is 1. The first-order chi connectivity index (χ1) is 8.88.